The molecule has 0 aromatic carbocycles. The van der Waals surface area contributed by atoms with E-state index in [4.69, 9.17) is 10.5 Å². The Kier molecular flexibility index (Phi) is 4.52. The number of unbranched alkanes of at least 4 members (excludes halogenated alkanes) is 2. The van der Waals surface area contributed by atoms with Gasteiger partial charge in [0.25, 0.3) is 0 Å². The van der Waals surface area contributed by atoms with Crippen molar-refractivity contribution in [3.8, 4) is 0 Å². The number of esters is 1. The van der Waals surface area contributed by atoms with Gasteiger partial charge >= 0.3 is 5.97 Å². The van der Waals surface area contributed by atoms with E-state index in [-0.39, 0.29) is 5.97 Å². The summed E-state index contributed by atoms with van der Waals surface area (Å²) in [6, 6.07) is 0. The Bertz CT molecular complexity index is 313. The van der Waals surface area contributed by atoms with Gasteiger partial charge in [0, 0.05) is 5.54 Å². The summed E-state index contributed by atoms with van der Waals surface area (Å²) >= 11 is 0. The summed E-state index contributed by atoms with van der Waals surface area (Å²) < 4.78 is 5.27. The zero-order valence-electron chi connectivity index (χ0n) is 11.0. The molecule has 2 N–H and O–H groups in total. The highest BCUT2D eigenvalue weighted by Crippen LogP contribution is 2.29. The Morgan fingerprint density at radius 3 is 2.29 bits per heavy atom. The summed E-state index contributed by atoms with van der Waals surface area (Å²) in [5.74, 6) is -0.198. The molecule has 0 spiro atoms. The van der Waals surface area contributed by atoms with E-state index >= 15 is 0 Å². The summed E-state index contributed by atoms with van der Waals surface area (Å²) in [7, 11) is 0. The molecule has 0 radical (unpaired) electrons. The maximum atomic E-state index is 11.9. The topological polar surface area (TPSA) is 52.3 Å². The van der Waals surface area contributed by atoms with Crippen molar-refractivity contribution in [1.29, 1.82) is 0 Å². The lowest BCUT2D eigenvalue weighted by Gasteiger charge is -2.28. The number of carbonyl (C=O) groups excluding carboxylic acids is 1. The molecule has 1 aliphatic rings. The van der Waals surface area contributed by atoms with Crippen LogP contribution in [0.1, 0.15) is 40.0 Å². The van der Waals surface area contributed by atoms with Crippen LogP contribution in [0.5, 0.6) is 0 Å². The Morgan fingerprint density at radius 2 is 1.76 bits per heavy atom. The Hall–Kier alpha value is -1.09. The van der Waals surface area contributed by atoms with Crippen LogP contribution in [0.2, 0.25) is 0 Å². The molecule has 1 rings (SSSR count). The molecule has 0 aromatic heterocycles. The maximum absolute atomic E-state index is 11.9. The summed E-state index contributed by atoms with van der Waals surface area (Å²) in [4.78, 5) is 11.9. The second-order valence-electron chi connectivity index (χ2n) is 5.16. The summed E-state index contributed by atoms with van der Waals surface area (Å²) in [5.41, 5.74) is 4.80. The van der Waals surface area contributed by atoms with E-state index in [2.05, 4.69) is 6.92 Å². The molecule has 17 heavy (non-hydrogen) atoms. The van der Waals surface area contributed by atoms with Gasteiger partial charge in [-0.3, -0.25) is 4.79 Å². The molecule has 0 fully saturated rings. The lowest BCUT2D eigenvalue weighted by atomic mass is 9.81. The van der Waals surface area contributed by atoms with Gasteiger partial charge in [-0.2, -0.15) is 0 Å². The first kappa shape index (κ1) is 14.0. The fraction of sp³-hybridized carbons (Fsp3) is 0.643. The van der Waals surface area contributed by atoms with Gasteiger partial charge in [-0.05, 0) is 20.3 Å². The van der Waals surface area contributed by atoms with E-state index in [9.17, 15) is 4.79 Å². The minimum Gasteiger partial charge on any atom is -0.465 e. The van der Waals surface area contributed by atoms with Crippen LogP contribution in [0, 0.1) is 5.41 Å². The van der Waals surface area contributed by atoms with Crippen LogP contribution in [-0.4, -0.2) is 18.1 Å². The number of hydrogen-bond donors (Lipinski definition) is 1. The Labute approximate surface area is 104 Å². The minimum atomic E-state index is -0.662. The van der Waals surface area contributed by atoms with Gasteiger partial charge in [0.05, 0.1) is 6.61 Å². The van der Waals surface area contributed by atoms with E-state index in [1.165, 1.54) is 0 Å². The fourth-order valence-electron chi connectivity index (χ4n) is 1.62. The van der Waals surface area contributed by atoms with Crippen molar-refractivity contribution in [2.75, 3.05) is 6.61 Å². The highest BCUT2D eigenvalue weighted by atomic mass is 16.5. The number of nitrogens with two attached hydrogens (primary N) is 1. The number of ether oxygens (including phenoxy) is 1. The molecule has 0 amide bonds. The van der Waals surface area contributed by atoms with E-state index in [0.29, 0.717) is 6.61 Å². The number of rotatable bonds is 5. The van der Waals surface area contributed by atoms with Crippen molar-refractivity contribution in [2.45, 2.75) is 45.6 Å². The summed E-state index contributed by atoms with van der Waals surface area (Å²) in [6.07, 6.45) is 10.5. The monoisotopic (exact) mass is 237 g/mol. The van der Waals surface area contributed by atoms with E-state index in [1.54, 1.807) is 0 Å². The molecule has 3 nitrogen and oxygen atoms in total. The third-order valence-corrected chi connectivity index (χ3v) is 3.00. The molecule has 1 aliphatic carbocycles. The number of hydrogen-bond acceptors (Lipinski definition) is 3. The Morgan fingerprint density at radius 1 is 1.18 bits per heavy atom. The molecule has 3 heteroatoms. The molecular formula is C14H23NO2. The highest BCUT2D eigenvalue weighted by Gasteiger charge is 2.33. The fourth-order valence-corrected chi connectivity index (χ4v) is 1.62. The molecule has 0 aromatic rings. The van der Waals surface area contributed by atoms with Crippen molar-refractivity contribution in [3.63, 3.8) is 0 Å². The summed E-state index contributed by atoms with van der Waals surface area (Å²) in [6.45, 7) is 6.37. The van der Waals surface area contributed by atoms with Crippen molar-refractivity contribution in [2.24, 2.45) is 11.1 Å². The third-order valence-electron chi connectivity index (χ3n) is 3.00. The molecule has 0 atom stereocenters. The average Bonchev–Trinajstić information content (AvgIpc) is 2.29. The first-order valence-corrected chi connectivity index (χ1v) is 6.26. The first-order valence-electron chi connectivity index (χ1n) is 6.26. The molecule has 0 saturated heterocycles. The van der Waals surface area contributed by atoms with Crippen LogP contribution in [0.3, 0.4) is 0 Å². The van der Waals surface area contributed by atoms with E-state index in [0.717, 1.165) is 19.3 Å². The molecule has 0 bridgehead atoms. The molecule has 0 unspecified atom stereocenters. The molecule has 0 saturated carbocycles. The third kappa shape index (κ3) is 4.00. The SMILES string of the molecule is CCCCCOC(=O)C1(C)C=CC(C)(N)C=C1. The summed E-state index contributed by atoms with van der Waals surface area (Å²) in [5, 5.41) is 0. The van der Waals surface area contributed by atoms with Crippen molar-refractivity contribution >= 4 is 5.97 Å². The quantitative estimate of drug-likeness (QED) is 0.454. The van der Waals surface area contributed by atoms with Crippen molar-refractivity contribution in [3.05, 3.63) is 24.3 Å². The van der Waals surface area contributed by atoms with Gasteiger partial charge in [-0.1, -0.05) is 44.1 Å². The van der Waals surface area contributed by atoms with Crippen molar-refractivity contribution < 1.29 is 9.53 Å². The van der Waals surface area contributed by atoms with Gasteiger partial charge in [-0.25, -0.2) is 0 Å². The van der Waals surface area contributed by atoms with Crippen LogP contribution < -0.4 is 5.73 Å². The molecule has 0 heterocycles. The number of carbonyl (C=O) groups is 1. The van der Waals surface area contributed by atoms with Gasteiger partial charge in [0.1, 0.15) is 5.41 Å². The molecular weight excluding hydrogens is 214 g/mol. The lowest BCUT2D eigenvalue weighted by Crippen LogP contribution is -2.37. The van der Waals surface area contributed by atoms with E-state index in [1.807, 2.05) is 38.2 Å². The molecule has 96 valence electrons. The van der Waals surface area contributed by atoms with Gasteiger partial charge in [0.15, 0.2) is 0 Å². The van der Waals surface area contributed by atoms with Crippen LogP contribution in [0.4, 0.5) is 0 Å². The average molecular weight is 237 g/mol. The molecule has 0 aliphatic heterocycles. The van der Waals surface area contributed by atoms with Crippen LogP contribution in [-0.2, 0) is 9.53 Å². The van der Waals surface area contributed by atoms with Crippen LogP contribution >= 0.6 is 0 Å². The van der Waals surface area contributed by atoms with Crippen molar-refractivity contribution in [1.82, 2.24) is 0 Å². The zero-order chi connectivity index (χ0) is 12.9. The normalized spacial score (nSPS) is 31.5. The smallest absolute Gasteiger partial charge is 0.319 e. The Balaban J connectivity index is 2.50. The van der Waals surface area contributed by atoms with Gasteiger partial charge in [-0.15, -0.1) is 0 Å². The minimum absolute atomic E-state index is 0.198. The largest absolute Gasteiger partial charge is 0.465 e. The first-order chi connectivity index (χ1) is 7.90. The zero-order valence-corrected chi connectivity index (χ0v) is 11.0. The lowest BCUT2D eigenvalue weighted by molar-refractivity contribution is -0.150. The van der Waals surface area contributed by atoms with Crippen LogP contribution in [0.15, 0.2) is 24.3 Å². The second-order valence-corrected chi connectivity index (χ2v) is 5.16. The predicted molar refractivity (Wildman–Crippen MR) is 69.5 cm³/mol. The standard InChI is InChI=1S/C14H23NO2/c1-4-5-6-11-17-12(16)13(2)7-9-14(3,15)10-8-13/h7-10H,4-6,11,15H2,1-3H3. The predicted octanol–water partition coefficient (Wildman–Crippen LogP) is 2.57. The maximum Gasteiger partial charge on any atom is 0.319 e. The van der Waals surface area contributed by atoms with Crippen LogP contribution in [0.25, 0.3) is 0 Å². The van der Waals surface area contributed by atoms with E-state index < -0.39 is 11.0 Å². The second kappa shape index (κ2) is 5.50. The van der Waals surface area contributed by atoms with Gasteiger partial charge < -0.3 is 10.5 Å². The highest BCUT2D eigenvalue weighted by molar-refractivity contribution is 5.81. The van der Waals surface area contributed by atoms with Gasteiger partial charge in [0.2, 0.25) is 0 Å².